The topological polar surface area (TPSA) is 88.4 Å². The van der Waals surface area contributed by atoms with Gasteiger partial charge >= 0.3 is 0 Å². The van der Waals surface area contributed by atoms with Gasteiger partial charge in [-0.15, -0.1) is 5.10 Å². The highest BCUT2D eigenvalue weighted by atomic mass is 32.2. The Morgan fingerprint density at radius 2 is 1.44 bits per heavy atom. The van der Waals surface area contributed by atoms with Crippen molar-refractivity contribution in [3.05, 3.63) is 105 Å². The van der Waals surface area contributed by atoms with Crippen LogP contribution in [0, 0.1) is 40.4 Å². The summed E-state index contributed by atoms with van der Waals surface area (Å²) in [4.78, 5) is 15.5. The monoisotopic (exact) mass is 629 g/mol. The molecule has 0 spiro atoms. The van der Waals surface area contributed by atoms with Crippen LogP contribution in [-0.2, 0) is 26.7 Å². The molecule has 1 aliphatic heterocycles. The smallest absolute Gasteiger partial charge is 0.243 e. The Bertz CT molecular complexity index is 1840. The van der Waals surface area contributed by atoms with E-state index in [1.165, 1.54) is 16.4 Å². The van der Waals surface area contributed by atoms with Crippen molar-refractivity contribution in [2.75, 3.05) is 26.2 Å². The van der Waals surface area contributed by atoms with Crippen LogP contribution >= 0.6 is 0 Å². The molecule has 2 aliphatic rings. The zero-order valence-electron chi connectivity index (χ0n) is 26.6. The van der Waals surface area contributed by atoms with Gasteiger partial charge in [-0.1, -0.05) is 35.5 Å². The summed E-state index contributed by atoms with van der Waals surface area (Å²) in [6.07, 6.45) is 4.64. The Labute approximate surface area is 264 Å². The van der Waals surface area contributed by atoms with E-state index in [9.17, 15) is 17.6 Å². The summed E-state index contributed by atoms with van der Waals surface area (Å²) in [5.74, 6) is -0.255. The summed E-state index contributed by atoms with van der Waals surface area (Å²) in [5, 5.41) is 8.93. The van der Waals surface area contributed by atoms with Crippen molar-refractivity contribution in [2.45, 2.75) is 70.6 Å². The van der Waals surface area contributed by atoms with Crippen molar-refractivity contribution in [1.29, 1.82) is 0 Å². The van der Waals surface area contributed by atoms with E-state index in [-0.39, 0.29) is 30.2 Å². The van der Waals surface area contributed by atoms with Crippen molar-refractivity contribution >= 4 is 15.9 Å². The van der Waals surface area contributed by atoms with Crippen molar-refractivity contribution < 1.29 is 17.6 Å². The second-order valence-corrected chi connectivity index (χ2v) is 14.4. The molecule has 1 saturated carbocycles. The van der Waals surface area contributed by atoms with E-state index in [1.807, 2.05) is 77.2 Å². The number of amides is 1. The summed E-state index contributed by atoms with van der Waals surface area (Å²) in [7, 11) is -3.69. The molecule has 45 heavy (non-hydrogen) atoms. The molecule has 6 rings (SSSR count). The van der Waals surface area contributed by atoms with Crippen molar-refractivity contribution in [2.24, 2.45) is 0 Å². The SMILES string of the molecule is Cc1c(C)c(C)c(S(=O)(=O)N2CCN(C(=O)CCc3ccccc3-n3cc(C4(c5ccc(F)cc5)CC4)nn3)CC2)c(C)c1C. The summed E-state index contributed by atoms with van der Waals surface area (Å²) in [6, 6.07) is 14.5. The quantitative estimate of drug-likeness (QED) is 0.257. The fourth-order valence-corrected chi connectivity index (χ4v) is 8.67. The number of aromatic nitrogens is 3. The van der Waals surface area contributed by atoms with E-state index in [2.05, 4.69) is 10.3 Å². The Balaban J connectivity index is 1.11. The third kappa shape index (κ3) is 5.59. The molecule has 3 aromatic carbocycles. The zero-order valence-corrected chi connectivity index (χ0v) is 27.4. The molecule has 8 nitrogen and oxygen atoms in total. The first-order valence-corrected chi connectivity index (χ1v) is 17.0. The van der Waals surface area contributed by atoms with Crippen LogP contribution < -0.4 is 0 Å². The van der Waals surface area contributed by atoms with Gasteiger partial charge in [-0.05, 0) is 111 Å². The maximum Gasteiger partial charge on any atom is 0.243 e. The number of hydrogen-bond donors (Lipinski definition) is 0. The molecule has 2 fully saturated rings. The van der Waals surface area contributed by atoms with E-state index in [1.54, 1.807) is 9.58 Å². The maximum atomic E-state index is 13.8. The molecule has 1 amide bonds. The molecule has 1 saturated heterocycles. The Morgan fingerprint density at radius 1 is 0.844 bits per heavy atom. The first kappa shape index (κ1) is 31.1. The van der Waals surface area contributed by atoms with Crippen molar-refractivity contribution in [3.8, 4) is 5.69 Å². The molecule has 0 bridgehead atoms. The summed E-state index contributed by atoms with van der Waals surface area (Å²) >= 11 is 0. The lowest BCUT2D eigenvalue weighted by Crippen LogP contribution is -2.50. The molecule has 10 heteroatoms. The lowest BCUT2D eigenvalue weighted by molar-refractivity contribution is -0.132. The van der Waals surface area contributed by atoms with E-state index in [0.29, 0.717) is 30.8 Å². The average molecular weight is 630 g/mol. The fourth-order valence-electron chi connectivity index (χ4n) is 6.69. The van der Waals surface area contributed by atoms with Crippen LogP contribution in [0.2, 0.25) is 0 Å². The number of sulfonamides is 1. The molecule has 0 N–H and O–H groups in total. The minimum atomic E-state index is -3.69. The minimum Gasteiger partial charge on any atom is -0.340 e. The van der Waals surface area contributed by atoms with Gasteiger partial charge in [-0.25, -0.2) is 17.5 Å². The van der Waals surface area contributed by atoms with Gasteiger partial charge in [0.05, 0.1) is 22.5 Å². The lowest BCUT2D eigenvalue weighted by Gasteiger charge is -2.35. The first-order valence-electron chi connectivity index (χ1n) is 15.6. The predicted octanol–water partition coefficient (Wildman–Crippen LogP) is 5.49. The standard InChI is InChI=1S/C35H40FN5O3S/c1-23-24(2)26(4)34(27(5)25(23)3)45(43,44)40-20-18-39(19-21-40)33(42)15-10-28-8-6-7-9-31(28)41-22-32(37-38-41)35(16-17-35)29-11-13-30(36)14-12-29/h6-9,11-14,22H,10,15-21H2,1-5H3. The van der Waals surface area contributed by atoms with Gasteiger partial charge < -0.3 is 4.90 Å². The van der Waals surface area contributed by atoms with Gasteiger partial charge in [0.1, 0.15) is 5.82 Å². The van der Waals surface area contributed by atoms with E-state index < -0.39 is 10.0 Å². The second-order valence-electron chi connectivity index (χ2n) is 12.5. The van der Waals surface area contributed by atoms with Crippen molar-refractivity contribution in [1.82, 2.24) is 24.2 Å². The van der Waals surface area contributed by atoms with Crippen LogP contribution in [0.15, 0.2) is 59.6 Å². The summed E-state index contributed by atoms with van der Waals surface area (Å²) in [6.45, 7) is 11.0. The molecule has 1 aliphatic carbocycles. The zero-order chi connectivity index (χ0) is 32.1. The molecular weight excluding hydrogens is 589 g/mol. The van der Waals surface area contributed by atoms with Crippen molar-refractivity contribution in [3.63, 3.8) is 0 Å². The van der Waals surface area contributed by atoms with E-state index in [0.717, 1.165) is 63.2 Å². The van der Waals surface area contributed by atoms with Crippen LogP contribution in [0.5, 0.6) is 0 Å². The normalized spacial score (nSPS) is 16.6. The molecule has 236 valence electrons. The second kappa shape index (κ2) is 11.8. The van der Waals surface area contributed by atoms with Gasteiger partial charge in [0.2, 0.25) is 15.9 Å². The van der Waals surface area contributed by atoms with E-state index >= 15 is 0 Å². The number of rotatable bonds is 8. The lowest BCUT2D eigenvalue weighted by atomic mass is 9.93. The van der Waals surface area contributed by atoms with Gasteiger partial charge in [0, 0.05) is 38.0 Å². The summed E-state index contributed by atoms with van der Waals surface area (Å²) < 4.78 is 44.3. The van der Waals surface area contributed by atoms with Gasteiger partial charge in [-0.3, -0.25) is 4.79 Å². The number of nitrogens with zero attached hydrogens (tertiary/aromatic N) is 5. The minimum absolute atomic E-state index is 0.00348. The number of para-hydroxylation sites is 1. The summed E-state index contributed by atoms with van der Waals surface area (Å²) in [5.41, 5.74) is 8.25. The molecule has 0 radical (unpaired) electrons. The van der Waals surface area contributed by atoms with Crippen LogP contribution in [-0.4, -0.2) is 64.7 Å². The highest BCUT2D eigenvalue weighted by molar-refractivity contribution is 7.89. The van der Waals surface area contributed by atoms with Crippen LogP contribution in [0.1, 0.15) is 63.9 Å². The Morgan fingerprint density at radius 3 is 2.07 bits per heavy atom. The molecule has 0 unspecified atom stereocenters. The number of halogens is 1. The van der Waals surface area contributed by atoms with E-state index in [4.69, 9.17) is 0 Å². The predicted molar refractivity (Wildman–Crippen MR) is 172 cm³/mol. The largest absolute Gasteiger partial charge is 0.340 e. The molecular formula is C35H40FN5O3S. The molecule has 0 atom stereocenters. The fraction of sp³-hybridized carbons (Fsp3) is 0.400. The maximum absolute atomic E-state index is 13.8. The number of carbonyl (C=O) groups excluding carboxylic acids is 1. The average Bonchev–Trinajstić information content (AvgIpc) is 3.70. The highest BCUT2D eigenvalue weighted by Crippen LogP contribution is 2.52. The first-order chi connectivity index (χ1) is 21.4. The third-order valence-electron chi connectivity index (χ3n) is 10.1. The Hall–Kier alpha value is -3.89. The molecule has 1 aromatic heterocycles. The van der Waals surface area contributed by atoms with Crippen LogP contribution in [0.4, 0.5) is 4.39 Å². The molecule has 2 heterocycles. The highest BCUT2D eigenvalue weighted by Gasteiger charge is 2.48. The van der Waals surface area contributed by atoms with Gasteiger partial charge in [-0.2, -0.15) is 4.31 Å². The number of benzene rings is 3. The van der Waals surface area contributed by atoms with Gasteiger partial charge in [0.25, 0.3) is 0 Å². The third-order valence-corrected chi connectivity index (χ3v) is 12.3. The van der Waals surface area contributed by atoms with Crippen LogP contribution in [0.25, 0.3) is 5.69 Å². The Kier molecular flexibility index (Phi) is 8.16. The number of piperazine rings is 1. The van der Waals surface area contributed by atoms with Crippen LogP contribution in [0.3, 0.4) is 0 Å². The molecule has 4 aromatic rings. The number of aryl methyl sites for hydroxylation is 1. The van der Waals surface area contributed by atoms with Gasteiger partial charge in [0.15, 0.2) is 0 Å². The number of carbonyl (C=O) groups is 1. The number of hydrogen-bond acceptors (Lipinski definition) is 5.